The number of carbonyl (C=O) groups is 2. The molecule has 0 aromatic rings. The monoisotopic (exact) mass is 212 g/mol. The second kappa shape index (κ2) is 5.50. The Morgan fingerprint density at radius 2 is 2.40 bits per heavy atom. The standard InChI is InChI=1S/C10H16N2O3/c1-3-10(14)12-4-5-15-9(7-12)6-11-8(2)13/h3,9H,1,4-7H2,2H3,(H,11,13). The summed E-state index contributed by atoms with van der Waals surface area (Å²) in [7, 11) is 0. The summed E-state index contributed by atoms with van der Waals surface area (Å²) < 4.78 is 5.41. The van der Waals surface area contributed by atoms with Gasteiger partial charge in [0.1, 0.15) is 0 Å². The van der Waals surface area contributed by atoms with Crippen molar-refractivity contribution in [3.05, 3.63) is 12.7 Å². The van der Waals surface area contributed by atoms with Crippen LogP contribution in [0, 0.1) is 0 Å². The molecule has 1 aliphatic heterocycles. The van der Waals surface area contributed by atoms with Gasteiger partial charge in [-0.2, -0.15) is 0 Å². The predicted octanol–water partition coefficient (Wildman–Crippen LogP) is -0.464. The highest BCUT2D eigenvalue weighted by atomic mass is 16.5. The quantitative estimate of drug-likeness (QED) is 0.644. The molecule has 0 aromatic heterocycles. The van der Waals surface area contributed by atoms with Crippen molar-refractivity contribution in [3.63, 3.8) is 0 Å². The van der Waals surface area contributed by atoms with Crippen LogP contribution in [0.4, 0.5) is 0 Å². The number of hydrogen-bond acceptors (Lipinski definition) is 3. The predicted molar refractivity (Wildman–Crippen MR) is 55.2 cm³/mol. The van der Waals surface area contributed by atoms with Crippen LogP contribution in [-0.2, 0) is 14.3 Å². The van der Waals surface area contributed by atoms with Crippen LogP contribution in [-0.4, -0.2) is 49.1 Å². The number of carbonyl (C=O) groups excluding carboxylic acids is 2. The summed E-state index contributed by atoms with van der Waals surface area (Å²) in [5.74, 6) is -0.183. The van der Waals surface area contributed by atoms with Crippen molar-refractivity contribution < 1.29 is 14.3 Å². The van der Waals surface area contributed by atoms with E-state index in [9.17, 15) is 9.59 Å². The molecule has 1 unspecified atom stereocenters. The zero-order valence-electron chi connectivity index (χ0n) is 8.86. The van der Waals surface area contributed by atoms with Gasteiger partial charge in [-0.15, -0.1) is 0 Å². The lowest BCUT2D eigenvalue weighted by molar-refractivity contribution is -0.133. The normalized spacial score (nSPS) is 20.9. The summed E-state index contributed by atoms with van der Waals surface area (Å²) in [5.41, 5.74) is 0. The van der Waals surface area contributed by atoms with E-state index in [4.69, 9.17) is 4.74 Å². The fourth-order valence-corrected chi connectivity index (χ4v) is 1.43. The molecule has 5 nitrogen and oxygen atoms in total. The second-order valence-corrected chi connectivity index (χ2v) is 3.42. The van der Waals surface area contributed by atoms with Gasteiger partial charge in [-0.1, -0.05) is 6.58 Å². The first-order valence-corrected chi connectivity index (χ1v) is 4.91. The molecule has 0 saturated carbocycles. The van der Waals surface area contributed by atoms with Gasteiger partial charge in [0.2, 0.25) is 11.8 Å². The Bertz CT molecular complexity index is 265. The summed E-state index contributed by atoms with van der Waals surface area (Å²) in [5, 5.41) is 2.66. The molecule has 2 amide bonds. The molecule has 84 valence electrons. The first-order valence-electron chi connectivity index (χ1n) is 4.91. The van der Waals surface area contributed by atoms with Gasteiger partial charge in [-0.3, -0.25) is 9.59 Å². The van der Waals surface area contributed by atoms with Gasteiger partial charge in [0, 0.05) is 26.6 Å². The zero-order valence-corrected chi connectivity index (χ0v) is 8.86. The Morgan fingerprint density at radius 3 is 3.00 bits per heavy atom. The Labute approximate surface area is 89.1 Å². The average molecular weight is 212 g/mol. The molecule has 1 heterocycles. The first-order chi connectivity index (χ1) is 7.13. The van der Waals surface area contributed by atoms with Crippen LogP contribution in [0.15, 0.2) is 12.7 Å². The van der Waals surface area contributed by atoms with Gasteiger partial charge in [-0.25, -0.2) is 0 Å². The lowest BCUT2D eigenvalue weighted by Crippen LogP contribution is -2.49. The molecule has 0 radical (unpaired) electrons. The first kappa shape index (κ1) is 11.7. The number of morpholine rings is 1. The number of nitrogens with one attached hydrogen (secondary N) is 1. The number of hydrogen-bond donors (Lipinski definition) is 1. The summed E-state index contributed by atoms with van der Waals surface area (Å²) in [6, 6.07) is 0. The summed E-state index contributed by atoms with van der Waals surface area (Å²) in [6.45, 7) is 6.92. The smallest absolute Gasteiger partial charge is 0.246 e. The topological polar surface area (TPSA) is 58.6 Å². The van der Waals surface area contributed by atoms with Crippen molar-refractivity contribution in [2.24, 2.45) is 0 Å². The van der Waals surface area contributed by atoms with Gasteiger partial charge < -0.3 is 15.0 Å². The number of ether oxygens (including phenoxy) is 1. The molecule has 1 aliphatic rings. The molecule has 0 aromatic carbocycles. The maximum absolute atomic E-state index is 11.3. The molecule has 1 N–H and O–H groups in total. The van der Waals surface area contributed by atoms with Gasteiger partial charge in [0.25, 0.3) is 0 Å². The molecule has 5 heteroatoms. The van der Waals surface area contributed by atoms with Crippen molar-refractivity contribution in [2.75, 3.05) is 26.2 Å². The van der Waals surface area contributed by atoms with Gasteiger partial charge in [0.05, 0.1) is 12.7 Å². The van der Waals surface area contributed by atoms with Crippen LogP contribution in [0.2, 0.25) is 0 Å². The van der Waals surface area contributed by atoms with Crippen LogP contribution in [0.25, 0.3) is 0 Å². The van der Waals surface area contributed by atoms with E-state index in [1.807, 2.05) is 0 Å². The Hall–Kier alpha value is -1.36. The molecule has 0 bridgehead atoms. The van der Waals surface area contributed by atoms with Crippen LogP contribution in [0.3, 0.4) is 0 Å². The largest absolute Gasteiger partial charge is 0.373 e. The molecule has 1 atom stereocenters. The molecular formula is C10H16N2O3. The number of rotatable bonds is 3. The zero-order chi connectivity index (χ0) is 11.3. The van der Waals surface area contributed by atoms with Crippen molar-refractivity contribution >= 4 is 11.8 Å². The maximum atomic E-state index is 11.3. The highest BCUT2D eigenvalue weighted by Gasteiger charge is 2.22. The van der Waals surface area contributed by atoms with Crippen LogP contribution in [0.5, 0.6) is 0 Å². The number of amides is 2. The second-order valence-electron chi connectivity index (χ2n) is 3.42. The third-order valence-electron chi connectivity index (χ3n) is 2.20. The van der Waals surface area contributed by atoms with Gasteiger partial charge in [0.15, 0.2) is 0 Å². The molecule has 1 fully saturated rings. The minimum atomic E-state index is -0.119. The minimum absolute atomic E-state index is 0.0916. The molecule has 1 saturated heterocycles. The van der Waals surface area contributed by atoms with E-state index in [0.717, 1.165) is 0 Å². The summed E-state index contributed by atoms with van der Waals surface area (Å²) >= 11 is 0. The number of nitrogens with zero attached hydrogens (tertiary/aromatic N) is 1. The Kier molecular flexibility index (Phi) is 4.30. The Balaban J connectivity index is 2.38. The Morgan fingerprint density at radius 1 is 1.67 bits per heavy atom. The SMILES string of the molecule is C=CC(=O)N1CCOC(CNC(C)=O)C1. The van der Waals surface area contributed by atoms with E-state index in [-0.39, 0.29) is 17.9 Å². The molecule has 0 aliphatic carbocycles. The van der Waals surface area contributed by atoms with Crippen molar-refractivity contribution in [1.29, 1.82) is 0 Å². The van der Waals surface area contributed by atoms with E-state index in [0.29, 0.717) is 26.2 Å². The third kappa shape index (κ3) is 3.71. The lowest BCUT2D eigenvalue weighted by atomic mass is 10.2. The maximum Gasteiger partial charge on any atom is 0.246 e. The third-order valence-corrected chi connectivity index (χ3v) is 2.20. The minimum Gasteiger partial charge on any atom is -0.373 e. The summed E-state index contributed by atoms with van der Waals surface area (Å²) in [6.07, 6.45) is 1.17. The van der Waals surface area contributed by atoms with Gasteiger partial charge in [-0.05, 0) is 6.08 Å². The van der Waals surface area contributed by atoms with Crippen LogP contribution >= 0.6 is 0 Å². The van der Waals surface area contributed by atoms with Crippen molar-refractivity contribution in [1.82, 2.24) is 10.2 Å². The van der Waals surface area contributed by atoms with E-state index < -0.39 is 0 Å². The fraction of sp³-hybridized carbons (Fsp3) is 0.600. The van der Waals surface area contributed by atoms with E-state index in [1.165, 1.54) is 13.0 Å². The summed E-state index contributed by atoms with van der Waals surface area (Å²) in [4.78, 5) is 23.7. The van der Waals surface area contributed by atoms with Crippen molar-refractivity contribution in [2.45, 2.75) is 13.0 Å². The van der Waals surface area contributed by atoms with Crippen LogP contribution in [0.1, 0.15) is 6.92 Å². The van der Waals surface area contributed by atoms with E-state index in [2.05, 4.69) is 11.9 Å². The highest BCUT2D eigenvalue weighted by Crippen LogP contribution is 2.04. The van der Waals surface area contributed by atoms with Crippen LogP contribution < -0.4 is 5.32 Å². The molecule has 0 spiro atoms. The highest BCUT2D eigenvalue weighted by molar-refractivity contribution is 5.87. The van der Waals surface area contributed by atoms with Crippen molar-refractivity contribution in [3.8, 4) is 0 Å². The van der Waals surface area contributed by atoms with Gasteiger partial charge >= 0.3 is 0 Å². The van der Waals surface area contributed by atoms with E-state index >= 15 is 0 Å². The molecule has 1 rings (SSSR count). The molecule has 15 heavy (non-hydrogen) atoms. The lowest BCUT2D eigenvalue weighted by Gasteiger charge is -2.32. The van der Waals surface area contributed by atoms with E-state index in [1.54, 1.807) is 4.90 Å². The molecular weight excluding hydrogens is 196 g/mol. The fourth-order valence-electron chi connectivity index (χ4n) is 1.43. The average Bonchev–Trinajstić information content (AvgIpc) is 2.25.